The molecule has 2 aromatic heterocycles. The summed E-state index contributed by atoms with van der Waals surface area (Å²) >= 11 is 0.986. The minimum atomic E-state index is -1.25. The van der Waals surface area contributed by atoms with Gasteiger partial charge in [0.05, 0.1) is 5.97 Å². The molecular weight excluding hydrogens is 348 g/mol. The lowest BCUT2D eigenvalue weighted by molar-refractivity contribution is -0.297. The predicted octanol–water partition coefficient (Wildman–Crippen LogP) is 2.78. The van der Waals surface area contributed by atoms with Crippen molar-refractivity contribution < 1.29 is 9.90 Å². The maximum absolute atomic E-state index is 11.6. The van der Waals surface area contributed by atoms with E-state index in [1.807, 2.05) is 42.0 Å². The standard InChI is InChI=1S/C19H20N4O2S/c1-3-7-17-20-19(22-21-17)26-16(18(24)25)11-13-12-23(10-4-2)15-9-6-5-8-14(13)15/h4-6,8-9,11-12H,2-3,7,10H2,1H3,(H,24,25)(H,20,21,22)/p-1/b16-11-. The number of nitrogens with one attached hydrogen (secondary N) is 1. The number of aromatic amines is 1. The Morgan fingerprint density at radius 2 is 2.23 bits per heavy atom. The molecule has 7 heteroatoms. The van der Waals surface area contributed by atoms with Crippen molar-refractivity contribution in [2.45, 2.75) is 31.5 Å². The molecule has 6 nitrogen and oxygen atoms in total. The van der Waals surface area contributed by atoms with E-state index >= 15 is 0 Å². The molecule has 0 saturated heterocycles. The first-order valence-corrected chi connectivity index (χ1v) is 9.15. The van der Waals surface area contributed by atoms with Crippen molar-refractivity contribution in [3.63, 3.8) is 0 Å². The third kappa shape index (κ3) is 3.88. The van der Waals surface area contributed by atoms with E-state index in [0.29, 0.717) is 11.7 Å². The number of hydrogen-bond acceptors (Lipinski definition) is 5. The molecule has 0 atom stereocenters. The second-order valence-corrected chi connectivity index (χ2v) is 6.76. The van der Waals surface area contributed by atoms with Gasteiger partial charge in [0.25, 0.3) is 0 Å². The van der Waals surface area contributed by atoms with Crippen LogP contribution in [0.1, 0.15) is 24.7 Å². The SMILES string of the molecule is C=CCn1cc(/C=C(\Sc2n[nH]c(CCC)n2)C(=O)[O-])c2ccccc21. The molecule has 0 fully saturated rings. The van der Waals surface area contributed by atoms with Gasteiger partial charge in [-0.25, -0.2) is 4.98 Å². The Kier molecular flexibility index (Phi) is 5.58. The van der Waals surface area contributed by atoms with Gasteiger partial charge in [-0.05, 0) is 30.3 Å². The van der Waals surface area contributed by atoms with Crippen molar-refractivity contribution in [1.82, 2.24) is 19.7 Å². The zero-order valence-corrected chi connectivity index (χ0v) is 15.3. The van der Waals surface area contributed by atoms with Gasteiger partial charge in [0.1, 0.15) is 5.82 Å². The van der Waals surface area contributed by atoms with Crippen LogP contribution in [0.5, 0.6) is 0 Å². The van der Waals surface area contributed by atoms with Gasteiger partial charge in [-0.2, -0.15) is 0 Å². The summed E-state index contributed by atoms with van der Waals surface area (Å²) in [6, 6.07) is 7.83. The van der Waals surface area contributed by atoms with Crippen LogP contribution in [0.25, 0.3) is 17.0 Å². The normalized spacial score (nSPS) is 11.8. The number of para-hydroxylation sites is 1. The number of rotatable bonds is 8. The van der Waals surface area contributed by atoms with Crippen LogP contribution in [0.3, 0.4) is 0 Å². The predicted molar refractivity (Wildman–Crippen MR) is 101 cm³/mol. The van der Waals surface area contributed by atoms with Crippen molar-refractivity contribution in [3.8, 4) is 0 Å². The Hall–Kier alpha value is -2.80. The molecule has 0 amide bonds. The highest BCUT2D eigenvalue weighted by Crippen LogP contribution is 2.29. The number of carbonyl (C=O) groups excluding carboxylic acids is 1. The molecule has 0 aliphatic carbocycles. The summed E-state index contributed by atoms with van der Waals surface area (Å²) in [5.74, 6) is -0.507. The number of thioether (sulfide) groups is 1. The summed E-state index contributed by atoms with van der Waals surface area (Å²) in [4.78, 5) is 16.0. The van der Waals surface area contributed by atoms with Crippen LogP contribution in [0.4, 0.5) is 0 Å². The fourth-order valence-electron chi connectivity index (χ4n) is 2.72. The summed E-state index contributed by atoms with van der Waals surface area (Å²) in [7, 11) is 0. The Morgan fingerprint density at radius 1 is 1.42 bits per heavy atom. The van der Waals surface area contributed by atoms with Crippen LogP contribution in [0, 0.1) is 0 Å². The number of carbonyl (C=O) groups is 1. The van der Waals surface area contributed by atoms with E-state index in [-0.39, 0.29) is 4.91 Å². The first-order chi connectivity index (χ1) is 12.6. The lowest BCUT2D eigenvalue weighted by Gasteiger charge is -2.05. The van der Waals surface area contributed by atoms with Crippen LogP contribution < -0.4 is 5.11 Å². The fraction of sp³-hybridized carbons (Fsp3) is 0.211. The fourth-order valence-corrected chi connectivity index (χ4v) is 3.44. The van der Waals surface area contributed by atoms with Gasteiger partial charge in [-0.1, -0.05) is 31.2 Å². The lowest BCUT2D eigenvalue weighted by atomic mass is 10.1. The molecule has 134 valence electrons. The molecule has 0 radical (unpaired) electrons. The third-order valence-electron chi connectivity index (χ3n) is 3.83. The molecule has 0 spiro atoms. The Balaban J connectivity index is 1.97. The minimum absolute atomic E-state index is 0.0635. The number of allylic oxidation sites excluding steroid dienone is 1. The van der Waals surface area contributed by atoms with Crippen molar-refractivity contribution in [3.05, 3.63) is 59.4 Å². The summed E-state index contributed by atoms with van der Waals surface area (Å²) in [6.07, 6.45) is 7.03. The zero-order chi connectivity index (χ0) is 18.5. The van der Waals surface area contributed by atoms with E-state index in [1.165, 1.54) is 0 Å². The van der Waals surface area contributed by atoms with E-state index in [9.17, 15) is 9.90 Å². The Labute approximate surface area is 155 Å². The second kappa shape index (κ2) is 8.05. The number of aromatic nitrogens is 4. The second-order valence-electron chi connectivity index (χ2n) is 5.76. The van der Waals surface area contributed by atoms with Gasteiger partial charge >= 0.3 is 0 Å². The van der Waals surface area contributed by atoms with Crippen molar-refractivity contribution in [2.24, 2.45) is 0 Å². The highest BCUT2D eigenvalue weighted by Gasteiger charge is 2.11. The van der Waals surface area contributed by atoms with Gasteiger partial charge in [0, 0.05) is 40.5 Å². The van der Waals surface area contributed by atoms with Crippen molar-refractivity contribution in [2.75, 3.05) is 0 Å². The third-order valence-corrected chi connectivity index (χ3v) is 4.70. The topological polar surface area (TPSA) is 86.6 Å². The number of nitrogens with zero attached hydrogens (tertiary/aromatic N) is 3. The molecule has 0 aliphatic heterocycles. The van der Waals surface area contributed by atoms with Gasteiger partial charge in [-0.15, -0.1) is 11.7 Å². The van der Waals surface area contributed by atoms with Gasteiger partial charge in [-0.3, -0.25) is 5.10 Å². The molecule has 0 aliphatic rings. The zero-order valence-electron chi connectivity index (χ0n) is 14.4. The number of hydrogen-bond donors (Lipinski definition) is 1. The molecule has 0 unspecified atom stereocenters. The van der Waals surface area contributed by atoms with E-state index in [2.05, 4.69) is 21.8 Å². The van der Waals surface area contributed by atoms with Crippen LogP contribution in [0.2, 0.25) is 0 Å². The summed E-state index contributed by atoms with van der Waals surface area (Å²) in [5, 5.41) is 19.9. The molecular formula is C19H19N4O2S-. The molecule has 3 rings (SSSR count). The van der Waals surface area contributed by atoms with Crippen LogP contribution in [-0.2, 0) is 17.8 Å². The van der Waals surface area contributed by atoms with Crippen LogP contribution in [0.15, 0.2) is 53.2 Å². The average molecular weight is 367 g/mol. The molecule has 3 aromatic rings. The first kappa shape index (κ1) is 18.0. The van der Waals surface area contributed by atoms with E-state index in [4.69, 9.17) is 0 Å². The lowest BCUT2D eigenvalue weighted by Crippen LogP contribution is -2.23. The van der Waals surface area contributed by atoms with E-state index < -0.39 is 5.97 Å². The number of H-pyrrole nitrogens is 1. The molecule has 0 saturated carbocycles. The minimum Gasteiger partial charge on any atom is -0.544 e. The van der Waals surface area contributed by atoms with Gasteiger partial charge in [0.15, 0.2) is 0 Å². The number of fused-ring (bicyclic) bond motifs is 1. The molecule has 2 heterocycles. The van der Waals surface area contributed by atoms with E-state index in [1.54, 1.807) is 12.2 Å². The Bertz CT molecular complexity index is 971. The van der Waals surface area contributed by atoms with Crippen molar-refractivity contribution >= 4 is 34.7 Å². The molecule has 0 bridgehead atoms. The van der Waals surface area contributed by atoms with Crippen LogP contribution in [-0.4, -0.2) is 25.7 Å². The number of benzene rings is 1. The highest BCUT2D eigenvalue weighted by molar-refractivity contribution is 8.04. The quantitative estimate of drug-likeness (QED) is 0.376. The maximum Gasteiger partial charge on any atom is 0.213 e. The average Bonchev–Trinajstić information content (AvgIpc) is 3.20. The molecule has 26 heavy (non-hydrogen) atoms. The summed E-state index contributed by atoms with van der Waals surface area (Å²) in [5.41, 5.74) is 1.82. The molecule has 1 N–H and O–H groups in total. The number of aliphatic carboxylic acids is 1. The van der Waals surface area contributed by atoms with Gasteiger partial charge < -0.3 is 14.5 Å². The number of carboxylic acids is 1. The monoisotopic (exact) mass is 367 g/mol. The van der Waals surface area contributed by atoms with Crippen LogP contribution >= 0.6 is 11.8 Å². The summed E-state index contributed by atoms with van der Waals surface area (Å²) < 4.78 is 2.03. The largest absolute Gasteiger partial charge is 0.544 e. The summed E-state index contributed by atoms with van der Waals surface area (Å²) in [6.45, 7) is 6.45. The number of carboxylic acid groups (broad SMARTS) is 1. The van der Waals surface area contributed by atoms with Gasteiger partial charge in [0.2, 0.25) is 5.16 Å². The molecule has 1 aromatic carbocycles. The van der Waals surface area contributed by atoms with E-state index in [0.717, 1.165) is 46.9 Å². The van der Waals surface area contributed by atoms with Crippen molar-refractivity contribution in [1.29, 1.82) is 0 Å². The maximum atomic E-state index is 11.6. The number of aryl methyl sites for hydroxylation is 1. The first-order valence-electron chi connectivity index (χ1n) is 8.33. The smallest absolute Gasteiger partial charge is 0.213 e. The Morgan fingerprint density at radius 3 is 2.96 bits per heavy atom. The highest BCUT2D eigenvalue weighted by atomic mass is 32.2.